The summed E-state index contributed by atoms with van der Waals surface area (Å²) in [6.07, 6.45) is 3.29. The first kappa shape index (κ1) is 16.4. The van der Waals surface area contributed by atoms with Gasteiger partial charge < -0.3 is 5.41 Å². The summed E-state index contributed by atoms with van der Waals surface area (Å²) >= 11 is 1.88. The van der Waals surface area contributed by atoms with E-state index < -0.39 is 5.92 Å². The molecule has 1 aliphatic rings. The normalized spacial score (nSPS) is 25.4. The Bertz CT molecular complexity index is 336. The number of carbonyl (C=O) groups is 2. The molecule has 1 atom stereocenters. The highest BCUT2D eigenvalue weighted by molar-refractivity contribution is 7.99. The number of nitrogens with one attached hydrogen (secondary N) is 1. The molecule has 1 aliphatic carbocycles. The smallest absolute Gasteiger partial charge is 0.149 e. The molecule has 0 saturated heterocycles. The lowest BCUT2D eigenvalue weighted by Gasteiger charge is -2.28. The zero-order chi connectivity index (χ0) is 14.4. The van der Waals surface area contributed by atoms with E-state index >= 15 is 0 Å². The van der Waals surface area contributed by atoms with Gasteiger partial charge in [-0.1, -0.05) is 27.2 Å². The highest BCUT2D eigenvalue weighted by Crippen LogP contribution is 2.30. The maximum Gasteiger partial charge on any atom is 0.149 e. The molecule has 0 aliphatic heterocycles. The van der Waals surface area contributed by atoms with Gasteiger partial charge in [-0.15, -0.1) is 0 Å². The van der Waals surface area contributed by atoms with Crippen molar-refractivity contribution >= 4 is 29.0 Å². The fourth-order valence-electron chi connectivity index (χ4n) is 2.85. The molecule has 3 nitrogen and oxygen atoms in total. The van der Waals surface area contributed by atoms with Gasteiger partial charge in [0.25, 0.3) is 0 Å². The topological polar surface area (TPSA) is 58.0 Å². The number of carbonyl (C=O) groups excluding carboxylic acids is 2. The minimum atomic E-state index is -0.717. The number of hydrogen-bond donors (Lipinski definition) is 1. The van der Waals surface area contributed by atoms with Crippen molar-refractivity contribution in [2.24, 2.45) is 11.8 Å². The van der Waals surface area contributed by atoms with Gasteiger partial charge in [-0.3, -0.25) is 9.59 Å². The first-order chi connectivity index (χ1) is 8.99. The molecule has 108 valence electrons. The second kappa shape index (κ2) is 7.83. The quantitative estimate of drug-likeness (QED) is 0.574. The van der Waals surface area contributed by atoms with E-state index in [1.165, 1.54) is 0 Å². The Morgan fingerprint density at radius 2 is 1.89 bits per heavy atom. The molecule has 0 aromatic rings. The molecule has 0 radical (unpaired) electrons. The Morgan fingerprint density at radius 3 is 2.37 bits per heavy atom. The lowest BCUT2D eigenvalue weighted by atomic mass is 9.75. The standard InChI is InChI=1S/C15H25NO2S/c1-4-6-12(16)15-13(17)8-11(9-14(15)18)7-10(3)19-5-2/h10-11,15-16H,4-9H2,1-3H3/t10-,11?,15?/m1/s1. The first-order valence-corrected chi connectivity index (χ1v) is 8.28. The van der Waals surface area contributed by atoms with Crippen LogP contribution in [-0.4, -0.2) is 28.3 Å². The minimum absolute atomic E-state index is 0.0200. The molecule has 0 heterocycles. The van der Waals surface area contributed by atoms with Crippen molar-refractivity contribution in [2.75, 3.05) is 5.75 Å². The molecule has 0 amide bonds. The van der Waals surface area contributed by atoms with E-state index in [1.54, 1.807) is 0 Å². The molecular weight excluding hydrogens is 258 g/mol. The maximum atomic E-state index is 12.1. The van der Waals surface area contributed by atoms with Crippen molar-refractivity contribution < 1.29 is 9.59 Å². The van der Waals surface area contributed by atoms with Crippen molar-refractivity contribution in [2.45, 2.75) is 58.1 Å². The summed E-state index contributed by atoms with van der Waals surface area (Å²) in [5, 5.41) is 8.37. The van der Waals surface area contributed by atoms with Gasteiger partial charge in [-0.25, -0.2) is 0 Å². The number of Topliss-reactive ketones (excluding diaryl/α,β-unsaturated/α-hetero) is 2. The van der Waals surface area contributed by atoms with Crippen LogP contribution in [-0.2, 0) is 9.59 Å². The van der Waals surface area contributed by atoms with Crippen LogP contribution in [0.15, 0.2) is 0 Å². The van der Waals surface area contributed by atoms with Crippen LogP contribution in [0.5, 0.6) is 0 Å². The molecule has 0 aromatic carbocycles. The lowest BCUT2D eigenvalue weighted by molar-refractivity contribution is -0.134. The van der Waals surface area contributed by atoms with E-state index in [9.17, 15) is 9.59 Å². The van der Waals surface area contributed by atoms with Crippen LogP contribution in [0, 0.1) is 17.2 Å². The maximum absolute atomic E-state index is 12.1. The summed E-state index contributed by atoms with van der Waals surface area (Å²) in [5.74, 6) is 0.506. The van der Waals surface area contributed by atoms with Crippen LogP contribution < -0.4 is 0 Å². The average molecular weight is 283 g/mol. The Labute approximate surface area is 120 Å². The molecule has 19 heavy (non-hydrogen) atoms. The summed E-state index contributed by atoms with van der Waals surface area (Å²) in [4.78, 5) is 24.2. The Morgan fingerprint density at radius 1 is 1.32 bits per heavy atom. The molecule has 1 fully saturated rings. The average Bonchev–Trinajstić information content (AvgIpc) is 2.28. The minimum Gasteiger partial charge on any atom is -0.308 e. The zero-order valence-corrected chi connectivity index (χ0v) is 13.0. The van der Waals surface area contributed by atoms with Crippen LogP contribution in [0.25, 0.3) is 0 Å². The molecule has 0 aromatic heterocycles. The van der Waals surface area contributed by atoms with E-state index in [4.69, 9.17) is 5.41 Å². The second-order valence-corrected chi connectivity index (χ2v) is 7.13. The number of thioether (sulfide) groups is 1. The molecule has 0 unspecified atom stereocenters. The van der Waals surface area contributed by atoms with E-state index in [1.807, 2.05) is 18.7 Å². The number of ketones is 2. The van der Waals surface area contributed by atoms with Gasteiger partial charge in [0.05, 0.1) is 0 Å². The summed E-state index contributed by atoms with van der Waals surface area (Å²) in [6.45, 7) is 6.26. The lowest BCUT2D eigenvalue weighted by Crippen LogP contribution is -2.38. The first-order valence-electron chi connectivity index (χ1n) is 7.23. The molecule has 0 bridgehead atoms. The third-order valence-electron chi connectivity index (χ3n) is 3.61. The van der Waals surface area contributed by atoms with Crippen molar-refractivity contribution in [3.05, 3.63) is 0 Å². The van der Waals surface area contributed by atoms with Gasteiger partial charge in [0.1, 0.15) is 17.5 Å². The van der Waals surface area contributed by atoms with Crippen molar-refractivity contribution in [1.82, 2.24) is 0 Å². The number of hydrogen-bond acceptors (Lipinski definition) is 4. The third kappa shape index (κ3) is 4.75. The summed E-state index contributed by atoms with van der Waals surface area (Å²) in [5.41, 5.74) is 0.326. The SMILES string of the molecule is CCCC(=N)C1C(=O)CC(C[C@@H](C)SCC)CC1=O. The predicted octanol–water partition coefficient (Wildman–Crippen LogP) is 3.50. The van der Waals surface area contributed by atoms with Crippen LogP contribution in [0.1, 0.15) is 52.9 Å². The predicted molar refractivity (Wildman–Crippen MR) is 81.1 cm³/mol. The fourth-order valence-corrected chi connectivity index (χ4v) is 3.82. The van der Waals surface area contributed by atoms with Gasteiger partial charge in [0.15, 0.2) is 0 Å². The van der Waals surface area contributed by atoms with Crippen LogP contribution in [0.3, 0.4) is 0 Å². The molecule has 1 N–H and O–H groups in total. The van der Waals surface area contributed by atoms with Gasteiger partial charge in [-0.2, -0.15) is 11.8 Å². The van der Waals surface area contributed by atoms with Crippen molar-refractivity contribution in [1.29, 1.82) is 5.41 Å². The monoisotopic (exact) mass is 283 g/mol. The Kier molecular flexibility index (Phi) is 6.76. The third-order valence-corrected chi connectivity index (χ3v) is 4.70. The zero-order valence-electron chi connectivity index (χ0n) is 12.2. The molecule has 1 saturated carbocycles. The van der Waals surface area contributed by atoms with Crippen molar-refractivity contribution in [3.63, 3.8) is 0 Å². The van der Waals surface area contributed by atoms with Crippen molar-refractivity contribution in [3.8, 4) is 0 Å². The molecular formula is C15H25NO2S. The summed E-state index contributed by atoms with van der Waals surface area (Å²) in [7, 11) is 0. The molecule has 1 rings (SSSR count). The second-order valence-electron chi connectivity index (χ2n) is 5.42. The van der Waals surface area contributed by atoms with Crippen LogP contribution >= 0.6 is 11.8 Å². The summed E-state index contributed by atoms with van der Waals surface area (Å²) < 4.78 is 0. The van der Waals surface area contributed by atoms with E-state index in [0.717, 1.165) is 18.6 Å². The van der Waals surface area contributed by atoms with Crippen LogP contribution in [0.4, 0.5) is 0 Å². The van der Waals surface area contributed by atoms with E-state index in [0.29, 0.717) is 30.2 Å². The van der Waals surface area contributed by atoms with E-state index in [2.05, 4.69) is 13.8 Å². The van der Waals surface area contributed by atoms with Gasteiger partial charge in [0, 0.05) is 23.8 Å². The molecule has 4 heteroatoms. The van der Waals surface area contributed by atoms with Gasteiger partial charge >= 0.3 is 0 Å². The Balaban J connectivity index is 2.58. The van der Waals surface area contributed by atoms with Gasteiger partial charge in [0.2, 0.25) is 0 Å². The largest absolute Gasteiger partial charge is 0.308 e. The fraction of sp³-hybridized carbons (Fsp3) is 0.800. The summed E-state index contributed by atoms with van der Waals surface area (Å²) in [6, 6.07) is 0. The highest BCUT2D eigenvalue weighted by Gasteiger charge is 2.37. The highest BCUT2D eigenvalue weighted by atomic mass is 32.2. The number of rotatable bonds is 7. The molecule has 0 spiro atoms. The Hall–Kier alpha value is -0.640. The van der Waals surface area contributed by atoms with Gasteiger partial charge in [-0.05, 0) is 24.5 Å². The van der Waals surface area contributed by atoms with Crippen LogP contribution in [0.2, 0.25) is 0 Å². The van der Waals surface area contributed by atoms with E-state index in [-0.39, 0.29) is 17.5 Å².